The standard InChI is InChI=1S/C15H19N3O4S/c1-10-9-22-11(2)8-18(10)14(19)13-12-6-4-5-7-17(12)15(16-13)23(3,20)21/h4-7,10-11H,8-9H2,1-3H3/t10-,11-/m1/s1. The zero-order chi connectivity index (χ0) is 16.8. The van der Waals surface area contributed by atoms with Gasteiger partial charge in [-0.25, -0.2) is 13.4 Å². The van der Waals surface area contributed by atoms with Gasteiger partial charge in [0.15, 0.2) is 5.69 Å². The fourth-order valence-electron chi connectivity index (χ4n) is 2.75. The van der Waals surface area contributed by atoms with Gasteiger partial charge in [0.2, 0.25) is 15.0 Å². The lowest BCUT2D eigenvalue weighted by molar-refractivity contribution is -0.0388. The van der Waals surface area contributed by atoms with Gasteiger partial charge < -0.3 is 9.64 Å². The topological polar surface area (TPSA) is 81.0 Å². The SMILES string of the molecule is C[C@@H]1CN(C(=O)c2nc(S(C)(=O)=O)n3ccccc23)[C@H](C)CO1. The quantitative estimate of drug-likeness (QED) is 0.816. The van der Waals surface area contributed by atoms with Crippen molar-refractivity contribution >= 4 is 21.3 Å². The highest BCUT2D eigenvalue weighted by Gasteiger charge is 2.32. The first kappa shape index (κ1) is 15.9. The second-order valence-electron chi connectivity index (χ2n) is 5.92. The predicted octanol–water partition coefficient (Wildman–Crippen LogP) is 0.987. The van der Waals surface area contributed by atoms with Gasteiger partial charge in [-0.15, -0.1) is 0 Å². The van der Waals surface area contributed by atoms with E-state index in [0.717, 1.165) is 6.26 Å². The highest BCUT2D eigenvalue weighted by atomic mass is 32.2. The Bertz CT molecular complexity index is 859. The number of morpholine rings is 1. The number of amides is 1. The first-order valence-electron chi connectivity index (χ1n) is 7.38. The van der Waals surface area contributed by atoms with Crippen LogP contribution in [0.4, 0.5) is 0 Å². The molecule has 0 saturated carbocycles. The van der Waals surface area contributed by atoms with Crippen molar-refractivity contribution < 1.29 is 17.9 Å². The molecule has 0 unspecified atom stereocenters. The van der Waals surface area contributed by atoms with Gasteiger partial charge >= 0.3 is 0 Å². The summed E-state index contributed by atoms with van der Waals surface area (Å²) in [5.41, 5.74) is 0.649. The number of carbonyl (C=O) groups is 1. The van der Waals surface area contributed by atoms with Crippen molar-refractivity contribution in [2.75, 3.05) is 19.4 Å². The summed E-state index contributed by atoms with van der Waals surface area (Å²) in [6.45, 7) is 4.72. The maximum atomic E-state index is 12.9. The summed E-state index contributed by atoms with van der Waals surface area (Å²) in [7, 11) is -3.54. The van der Waals surface area contributed by atoms with Crippen molar-refractivity contribution in [1.82, 2.24) is 14.3 Å². The first-order valence-corrected chi connectivity index (χ1v) is 9.28. The van der Waals surface area contributed by atoms with Gasteiger partial charge in [0, 0.05) is 19.0 Å². The van der Waals surface area contributed by atoms with Crippen LogP contribution in [0.3, 0.4) is 0 Å². The molecule has 1 saturated heterocycles. The Hall–Kier alpha value is -1.93. The third kappa shape index (κ3) is 2.84. The molecule has 1 amide bonds. The van der Waals surface area contributed by atoms with Gasteiger partial charge in [-0.3, -0.25) is 9.20 Å². The number of hydrogen-bond donors (Lipinski definition) is 0. The summed E-state index contributed by atoms with van der Waals surface area (Å²) in [6, 6.07) is 5.08. The number of aromatic nitrogens is 2. The van der Waals surface area contributed by atoms with Crippen LogP contribution in [0.15, 0.2) is 29.6 Å². The van der Waals surface area contributed by atoms with Gasteiger partial charge in [0.05, 0.1) is 24.3 Å². The van der Waals surface area contributed by atoms with Crippen LogP contribution in [0.5, 0.6) is 0 Å². The molecular weight excluding hydrogens is 318 g/mol. The van der Waals surface area contributed by atoms with Crippen LogP contribution >= 0.6 is 0 Å². The number of sulfone groups is 1. The minimum Gasteiger partial charge on any atom is -0.375 e. The van der Waals surface area contributed by atoms with Gasteiger partial charge in [0.1, 0.15) is 0 Å². The number of pyridine rings is 1. The van der Waals surface area contributed by atoms with Crippen molar-refractivity contribution in [1.29, 1.82) is 0 Å². The Balaban J connectivity index is 2.11. The lowest BCUT2D eigenvalue weighted by Gasteiger charge is -2.36. The molecule has 0 radical (unpaired) electrons. The van der Waals surface area contributed by atoms with Crippen LogP contribution < -0.4 is 0 Å². The molecule has 1 aliphatic rings. The third-order valence-electron chi connectivity index (χ3n) is 3.92. The summed E-state index contributed by atoms with van der Waals surface area (Å²) < 4.78 is 30.9. The fraction of sp³-hybridized carbons (Fsp3) is 0.467. The molecule has 0 aliphatic carbocycles. The number of carbonyl (C=O) groups excluding carboxylic acids is 1. The van der Waals surface area contributed by atoms with E-state index in [1.807, 2.05) is 13.8 Å². The van der Waals surface area contributed by atoms with Crippen molar-refractivity contribution in [3.8, 4) is 0 Å². The molecule has 7 nitrogen and oxygen atoms in total. The number of fused-ring (bicyclic) bond motifs is 1. The minimum absolute atomic E-state index is 0.0570. The van der Waals surface area contributed by atoms with Crippen LogP contribution in [0.25, 0.3) is 5.52 Å². The van der Waals surface area contributed by atoms with Crippen molar-refractivity contribution in [2.24, 2.45) is 0 Å². The van der Waals surface area contributed by atoms with Gasteiger partial charge in [0.25, 0.3) is 5.91 Å². The van der Waals surface area contributed by atoms with Crippen LogP contribution in [0.1, 0.15) is 24.3 Å². The summed E-state index contributed by atoms with van der Waals surface area (Å²) in [4.78, 5) is 18.7. The smallest absolute Gasteiger partial charge is 0.275 e. The number of hydrogen-bond acceptors (Lipinski definition) is 5. The molecule has 0 spiro atoms. The zero-order valence-electron chi connectivity index (χ0n) is 13.3. The number of nitrogens with zero attached hydrogens (tertiary/aromatic N) is 3. The van der Waals surface area contributed by atoms with Crippen molar-refractivity contribution in [3.63, 3.8) is 0 Å². The van der Waals surface area contributed by atoms with E-state index in [0.29, 0.717) is 18.7 Å². The van der Waals surface area contributed by atoms with E-state index in [4.69, 9.17) is 4.74 Å². The number of ether oxygens (including phenoxy) is 1. The Labute approximate surface area is 134 Å². The molecule has 124 valence electrons. The molecular formula is C15H19N3O4S. The van der Waals surface area contributed by atoms with E-state index in [2.05, 4.69) is 4.98 Å². The van der Waals surface area contributed by atoms with Gasteiger partial charge in [-0.2, -0.15) is 0 Å². The predicted molar refractivity (Wildman–Crippen MR) is 84.2 cm³/mol. The molecule has 2 aromatic heterocycles. The molecule has 3 rings (SSSR count). The highest BCUT2D eigenvalue weighted by molar-refractivity contribution is 7.90. The average molecular weight is 337 g/mol. The Morgan fingerprint density at radius 2 is 2.09 bits per heavy atom. The summed E-state index contributed by atoms with van der Waals surface area (Å²) in [5, 5.41) is -0.120. The van der Waals surface area contributed by atoms with Crippen LogP contribution in [-0.2, 0) is 14.6 Å². The van der Waals surface area contributed by atoms with Gasteiger partial charge in [-0.1, -0.05) is 6.07 Å². The maximum absolute atomic E-state index is 12.9. The van der Waals surface area contributed by atoms with Crippen LogP contribution in [0.2, 0.25) is 0 Å². The molecule has 0 aromatic carbocycles. The summed E-state index contributed by atoms with van der Waals surface area (Å²) >= 11 is 0. The molecule has 0 N–H and O–H groups in total. The monoisotopic (exact) mass is 337 g/mol. The Kier molecular flexibility index (Phi) is 3.89. The van der Waals surface area contributed by atoms with E-state index in [-0.39, 0.29) is 28.9 Å². The average Bonchev–Trinajstić information content (AvgIpc) is 2.89. The Morgan fingerprint density at radius 1 is 1.35 bits per heavy atom. The number of rotatable bonds is 2. The van der Waals surface area contributed by atoms with E-state index >= 15 is 0 Å². The van der Waals surface area contributed by atoms with E-state index < -0.39 is 9.84 Å². The number of imidazole rings is 1. The van der Waals surface area contributed by atoms with E-state index in [9.17, 15) is 13.2 Å². The van der Waals surface area contributed by atoms with E-state index in [1.165, 1.54) is 4.40 Å². The molecule has 1 aliphatic heterocycles. The van der Waals surface area contributed by atoms with Crippen LogP contribution in [0, 0.1) is 0 Å². The maximum Gasteiger partial charge on any atom is 0.275 e. The van der Waals surface area contributed by atoms with Crippen molar-refractivity contribution in [2.45, 2.75) is 31.1 Å². The second-order valence-corrected chi connectivity index (χ2v) is 7.83. The van der Waals surface area contributed by atoms with E-state index in [1.54, 1.807) is 29.3 Å². The highest BCUT2D eigenvalue weighted by Crippen LogP contribution is 2.21. The summed E-state index contributed by atoms with van der Waals surface area (Å²) in [5.74, 6) is -0.272. The zero-order valence-corrected chi connectivity index (χ0v) is 14.1. The van der Waals surface area contributed by atoms with Crippen LogP contribution in [-0.4, -0.2) is 60.2 Å². The fourth-order valence-corrected chi connectivity index (χ4v) is 3.52. The minimum atomic E-state index is -3.54. The molecule has 8 heteroatoms. The third-order valence-corrected chi connectivity index (χ3v) is 4.87. The lowest BCUT2D eigenvalue weighted by Crippen LogP contribution is -2.50. The van der Waals surface area contributed by atoms with Crippen molar-refractivity contribution in [3.05, 3.63) is 30.1 Å². The molecule has 2 aromatic rings. The van der Waals surface area contributed by atoms with Gasteiger partial charge in [-0.05, 0) is 26.0 Å². The molecule has 23 heavy (non-hydrogen) atoms. The second kappa shape index (κ2) is 5.61. The summed E-state index contributed by atoms with van der Waals surface area (Å²) in [6.07, 6.45) is 2.63. The molecule has 0 bridgehead atoms. The molecule has 2 atom stereocenters. The first-order chi connectivity index (χ1) is 10.8. The molecule has 1 fully saturated rings. The molecule has 3 heterocycles. The largest absolute Gasteiger partial charge is 0.375 e. The lowest BCUT2D eigenvalue weighted by atomic mass is 10.2. The normalized spacial score (nSPS) is 22.5. The Morgan fingerprint density at radius 3 is 2.78 bits per heavy atom.